The molecule has 0 atom stereocenters. The van der Waals surface area contributed by atoms with Gasteiger partial charge in [0, 0.05) is 31.2 Å². The fourth-order valence-electron chi connectivity index (χ4n) is 4.36. The van der Waals surface area contributed by atoms with Crippen molar-refractivity contribution in [1.29, 1.82) is 0 Å². The number of rotatable bonds is 6. The van der Waals surface area contributed by atoms with Crippen molar-refractivity contribution in [3.05, 3.63) is 59.4 Å². The number of amides is 3. The zero-order valence-corrected chi connectivity index (χ0v) is 17.6. The molecule has 164 valence electrons. The average molecular weight is 425 g/mol. The Labute approximate surface area is 182 Å². The van der Waals surface area contributed by atoms with Gasteiger partial charge in [-0.2, -0.15) is 0 Å². The fourth-order valence-corrected chi connectivity index (χ4v) is 4.36. The molecule has 1 heterocycles. The third kappa shape index (κ3) is 5.54. The number of hydrogen-bond acceptors (Lipinski definition) is 3. The summed E-state index contributed by atoms with van der Waals surface area (Å²) < 4.78 is 13.4. The zero-order chi connectivity index (χ0) is 21.6. The second kappa shape index (κ2) is 9.81. The first-order chi connectivity index (χ1) is 15.1. The van der Waals surface area contributed by atoms with Gasteiger partial charge in [-0.1, -0.05) is 25.0 Å². The Hall–Kier alpha value is -3.09. The first-order valence-corrected chi connectivity index (χ1v) is 11.1. The predicted octanol–water partition coefficient (Wildman–Crippen LogP) is 4.42. The minimum absolute atomic E-state index is 0.216. The molecule has 1 aliphatic carbocycles. The van der Waals surface area contributed by atoms with Gasteiger partial charge in [-0.15, -0.1) is 0 Å². The second-order valence-electron chi connectivity index (χ2n) is 8.32. The van der Waals surface area contributed by atoms with Crippen molar-refractivity contribution in [2.75, 3.05) is 23.3 Å². The molecule has 0 unspecified atom stereocenters. The van der Waals surface area contributed by atoms with Gasteiger partial charge in [0.05, 0.1) is 11.4 Å². The molecule has 3 N–H and O–H groups in total. The van der Waals surface area contributed by atoms with E-state index in [4.69, 9.17) is 0 Å². The van der Waals surface area contributed by atoms with Gasteiger partial charge in [0.15, 0.2) is 0 Å². The summed E-state index contributed by atoms with van der Waals surface area (Å²) in [6.07, 6.45) is 6.53. The summed E-state index contributed by atoms with van der Waals surface area (Å²) >= 11 is 0. The van der Waals surface area contributed by atoms with Gasteiger partial charge in [-0.05, 0) is 61.6 Å². The van der Waals surface area contributed by atoms with Crippen LogP contribution in [0.3, 0.4) is 0 Å². The quantitative estimate of drug-likeness (QED) is 0.643. The van der Waals surface area contributed by atoms with Crippen LogP contribution in [0.5, 0.6) is 0 Å². The molecular weight excluding hydrogens is 395 g/mol. The lowest BCUT2D eigenvalue weighted by Gasteiger charge is -2.23. The summed E-state index contributed by atoms with van der Waals surface area (Å²) in [5.41, 5.74) is 2.71. The summed E-state index contributed by atoms with van der Waals surface area (Å²) in [5, 5.41) is 8.83. The molecule has 0 radical (unpaired) electrons. The normalized spacial score (nSPS) is 16.4. The Morgan fingerprint density at radius 1 is 1.00 bits per heavy atom. The lowest BCUT2D eigenvalue weighted by Crippen LogP contribution is -2.36. The molecule has 2 aromatic rings. The number of urea groups is 1. The number of anilines is 2. The van der Waals surface area contributed by atoms with E-state index in [1.165, 1.54) is 12.1 Å². The van der Waals surface area contributed by atoms with Gasteiger partial charge < -0.3 is 20.9 Å². The maximum absolute atomic E-state index is 13.4. The molecule has 0 bridgehead atoms. The van der Waals surface area contributed by atoms with Gasteiger partial charge in [0.25, 0.3) is 5.91 Å². The Balaban J connectivity index is 1.47. The molecule has 7 heteroatoms. The molecule has 0 aromatic heterocycles. The molecule has 3 amide bonds. The van der Waals surface area contributed by atoms with Gasteiger partial charge in [0.1, 0.15) is 5.82 Å². The van der Waals surface area contributed by atoms with Crippen LogP contribution in [0, 0.1) is 5.82 Å². The first-order valence-electron chi connectivity index (χ1n) is 11.1. The van der Waals surface area contributed by atoms with Crippen molar-refractivity contribution in [3.63, 3.8) is 0 Å². The SMILES string of the molecule is O=C(Nc1cc(C(=O)NCc2cccc(F)c2)ccc1N1CCCC1)NC1CCCC1. The fraction of sp³-hybridized carbons (Fsp3) is 0.417. The molecule has 2 aromatic carbocycles. The van der Waals surface area contributed by atoms with E-state index < -0.39 is 0 Å². The van der Waals surface area contributed by atoms with E-state index in [1.807, 2.05) is 6.07 Å². The Morgan fingerprint density at radius 3 is 2.52 bits per heavy atom. The Morgan fingerprint density at radius 2 is 1.77 bits per heavy atom. The van der Waals surface area contributed by atoms with Crippen molar-refractivity contribution in [2.45, 2.75) is 51.1 Å². The smallest absolute Gasteiger partial charge is 0.319 e. The van der Waals surface area contributed by atoms with Crippen molar-refractivity contribution in [3.8, 4) is 0 Å². The van der Waals surface area contributed by atoms with Crippen LogP contribution < -0.4 is 20.9 Å². The highest BCUT2D eigenvalue weighted by atomic mass is 19.1. The molecule has 2 fully saturated rings. The summed E-state index contributed by atoms with van der Waals surface area (Å²) in [6, 6.07) is 11.5. The number of benzene rings is 2. The van der Waals surface area contributed by atoms with E-state index in [-0.39, 0.29) is 30.3 Å². The first kappa shape index (κ1) is 21.2. The van der Waals surface area contributed by atoms with E-state index in [2.05, 4.69) is 20.9 Å². The van der Waals surface area contributed by atoms with Gasteiger partial charge in [0.2, 0.25) is 0 Å². The van der Waals surface area contributed by atoms with E-state index in [0.717, 1.165) is 57.3 Å². The van der Waals surface area contributed by atoms with Crippen molar-refractivity contribution in [2.24, 2.45) is 0 Å². The van der Waals surface area contributed by atoms with Crippen LogP contribution in [-0.2, 0) is 6.54 Å². The lowest BCUT2D eigenvalue weighted by molar-refractivity contribution is 0.0951. The van der Waals surface area contributed by atoms with Crippen molar-refractivity contribution < 1.29 is 14.0 Å². The van der Waals surface area contributed by atoms with Crippen molar-refractivity contribution >= 4 is 23.3 Å². The number of carbonyl (C=O) groups excluding carboxylic acids is 2. The van der Waals surface area contributed by atoms with Crippen LogP contribution in [0.1, 0.15) is 54.4 Å². The van der Waals surface area contributed by atoms with Crippen LogP contribution in [-0.4, -0.2) is 31.1 Å². The minimum Gasteiger partial charge on any atom is -0.370 e. The summed E-state index contributed by atoms with van der Waals surface area (Å²) in [6.45, 7) is 2.10. The minimum atomic E-state index is -0.332. The molecule has 2 aliphatic rings. The highest BCUT2D eigenvalue weighted by Gasteiger charge is 2.21. The number of halogens is 1. The molecular formula is C24H29FN4O2. The summed E-state index contributed by atoms with van der Waals surface area (Å²) in [5.74, 6) is -0.599. The molecule has 31 heavy (non-hydrogen) atoms. The topological polar surface area (TPSA) is 73.5 Å². The molecule has 0 spiro atoms. The van der Waals surface area contributed by atoms with Gasteiger partial charge in [-0.3, -0.25) is 4.79 Å². The third-order valence-corrected chi connectivity index (χ3v) is 5.99. The molecule has 1 saturated carbocycles. The maximum Gasteiger partial charge on any atom is 0.319 e. The number of nitrogens with one attached hydrogen (secondary N) is 3. The molecule has 6 nitrogen and oxygen atoms in total. The number of carbonyl (C=O) groups is 2. The van der Waals surface area contributed by atoms with Crippen LogP contribution in [0.4, 0.5) is 20.6 Å². The Bertz CT molecular complexity index is 937. The predicted molar refractivity (Wildman–Crippen MR) is 120 cm³/mol. The lowest BCUT2D eigenvalue weighted by atomic mass is 10.1. The van der Waals surface area contributed by atoms with Gasteiger partial charge >= 0.3 is 6.03 Å². The van der Waals surface area contributed by atoms with Gasteiger partial charge in [-0.25, -0.2) is 9.18 Å². The number of nitrogens with zero attached hydrogens (tertiary/aromatic N) is 1. The molecule has 1 aliphatic heterocycles. The monoisotopic (exact) mass is 424 g/mol. The van der Waals surface area contributed by atoms with Crippen LogP contribution in [0.15, 0.2) is 42.5 Å². The second-order valence-corrected chi connectivity index (χ2v) is 8.32. The zero-order valence-electron chi connectivity index (χ0n) is 17.6. The van der Waals surface area contributed by atoms with Crippen molar-refractivity contribution in [1.82, 2.24) is 10.6 Å². The van der Waals surface area contributed by atoms with E-state index in [1.54, 1.807) is 24.3 Å². The largest absolute Gasteiger partial charge is 0.370 e. The van der Waals surface area contributed by atoms with E-state index in [0.29, 0.717) is 16.8 Å². The Kier molecular flexibility index (Phi) is 6.70. The average Bonchev–Trinajstić information content (AvgIpc) is 3.46. The summed E-state index contributed by atoms with van der Waals surface area (Å²) in [7, 11) is 0. The van der Waals surface area contributed by atoms with Crippen LogP contribution in [0.25, 0.3) is 0 Å². The standard InChI is InChI=1S/C24H29FN4O2/c25-19-7-5-6-17(14-19)16-26-23(30)18-10-11-22(29-12-3-4-13-29)21(15-18)28-24(31)27-20-8-1-2-9-20/h5-7,10-11,14-15,20H,1-4,8-9,12-13,16H2,(H,26,30)(H2,27,28,31). The summed E-state index contributed by atoms with van der Waals surface area (Å²) in [4.78, 5) is 27.5. The molecule has 1 saturated heterocycles. The van der Waals surface area contributed by atoms with E-state index >= 15 is 0 Å². The van der Waals surface area contributed by atoms with E-state index in [9.17, 15) is 14.0 Å². The number of hydrogen-bond donors (Lipinski definition) is 3. The van der Waals surface area contributed by atoms with Crippen LogP contribution >= 0.6 is 0 Å². The molecule has 4 rings (SSSR count). The van der Waals surface area contributed by atoms with Crippen LogP contribution in [0.2, 0.25) is 0 Å². The third-order valence-electron chi connectivity index (χ3n) is 5.99. The maximum atomic E-state index is 13.4. The highest BCUT2D eigenvalue weighted by Crippen LogP contribution is 2.30. The highest BCUT2D eigenvalue weighted by molar-refractivity contribution is 5.99.